The van der Waals surface area contributed by atoms with Crippen LogP contribution in [0.25, 0.3) is 0 Å². The second-order valence-electron chi connectivity index (χ2n) is 3.04. The molecule has 1 aliphatic rings. The Morgan fingerprint density at radius 3 is 3.07 bits per heavy atom. The Labute approximate surface area is 81.1 Å². The second kappa shape index (κ2) is 3.29. The molecule has 0 saturated carbocycles. The number of anilines is 1. The van der Waals surface area contributed by atoms with E-state index < -0.39 is 0 Å². The molecule has 3 nitrogen and oxygen atoms in total. The number of carbonyl (C=O) groups is 1. The summed E-state index contributed by atoms with van der Waals surface area (Å²) in [6.07, 6.45) is 0. The molecular weight excluding hydrogens is 185 g/mol. The van der Waals surface area contributed by atoms with Gasteiger partial charge in [0.15, 0.2) is 6.61 Å². The molecule has 0 aliphatic carbocycles. The third-order valence-electron chi connectivity index (χ3n) is 2.18. The molecule has 0 fully saturated rings. The zero-order chi connectivity index (χ0) is 10.1. The van der Waals surface area contributed by atoms with Crippen molar-refractivity contribution in [3.05, 3.63) is 24.0 Å². The average Bonchev–Trinajstić information content (AvgIpc) is 2.18. The van der Waals surface area contributed by atoms with Gasteiger partial charge in [0.25, 0.3) is 5.91 Å². The van der Waals surface area contributed by atoms with Gasteiger partial charge >= 0.3 is 0 Å². The fraction of sp³-hybridized carbons (Fsp3) is 0.300. The summed E-state index contributed by atoms with van der Waals surface area (Å²) in [4.78, 5) is 13.0. The third kappa shape index (κ3) is 1.32. The minimum atomic E-state index is -0.353. The molecule has 0 spiro atoms. The Hall–Kier alpha value is -1.58. The van der Waals surface area contributed by atoms with Crippen LogP contribution in [0.4, 0.5) is 10.1 Å². The van der Waals surface area contributed by atoms with Crippen LogP contribution in [0.5, 0.6) is 5.75 Å². The van der Waals surface area contributed by atoms with Gasteiger partial charge in [-0.25, -0.2) is 4.39 Å². The monoisotopic (exact) mass is 195 g/mol. The number of ether oxygens (including phenoxy) is 1. The quantitative estimate of drug-likeness (QED) is 0.680. The first-order valence-electron chi connectivity index (χ1n) is 4.45. The van der Waals surface area contributed by atoms with E-state index in [1.165, 1.54) is 12.1 Å². The van der Waals surface area contributed by atoms with Crippen LogP contribution in [-0.2, 0) is 4.79 Å². The van der Waals surface area contributed by atoms with Crippen LogP contribution in [0.15, 0.2) is 18.2 Å². The van der Waals surface area contributed by atoms with Gasteiger partial charge in [-0.2, -0.15) is 0 Å². The third-order valence-corrected chi connectivity index (χ3v) is 2.18. The number of halogens is 1. The van der Waals surface area contributed by atoms with Gasteiger partial charge in [-0.1, -0.05) is 0 Å². The second-order valence-corrected chi connectivity index (χ2v) is 3.04. The van der Waals surface area contributed by atoms with E-state index in [9.17, 15) is 9.18 Å². The topological polar surface area (TPSA) is 29.5 Å². The van der Waals surface area contributed by atoms with Gasteiger partial charge in [0.2, 0.25) is 0 Å². The van der Waals surface area contributed by atoms with Crippen molar-refractivity contribution in [3.8, 4) is 5.75 Å². The minimum absolute atomic E-state index is 0.00963. The van der Waals surface area contributed by atoms with E-state index in [-0.39, 0.29) is 18.3 Å². The first-order chi connectivity index (χ1) is 6.72. The summed E-state index contributed by atoms with van der Waals surface area (Å²) < 4.78 is 18.0. The number of benzene rings is 1. The number of nitrogens with zero attached hydrogens (tertiary/aromatic N) is 1. The molecule has 0 N–H and O–H groups in total. The van der Waals surface area contributed by atoms with Gasteiger partial charge in [0, 0.05) is 12.6 Å². The summed E-state index contributed by atoms with van der Waals surface area (Å²) in [5, 5.41) is 0. The average molecular weight is 195 g/mol. The van der Waals surface area contributed by atoms with Crippen molar-refractivity contribution in [2.24, 2.45) is 0 Å². The van der Waals surface area contributed by atoms with Crippen molar-refractivity contribution in [3.63, 3.8) is 0 Å². The molecule has 0 aromatic heterocycles. The molecular formula is C10H10FNO2. The van der Waals surface area contributed by atoms with Crippen LogP contribution >= 0.6 is 0 Å². The fourth-order valence-corrected chi connectivity index (χ4v) is 1.53. The van der Waals surface area contributed by atoms with Crippen LogP contribution < -0.4 is 9.64 Å². The van der Waals surface area contributed by atoms with Gasteiger partial charge < -0.3 is 9.64 Å². The molecule has 1 heterocycles. The van der Waals surface area contributed by atoms with Gasteiger partial charge in [-0.05, 0) is 19.1 Å². The summed E-state index contributed by atoms with van der Waals surface area (Å²) in [7, 11) is 0. The summed E-state index contributed by atoms with van der Waals surface area (Å²) >= 11 is 0. The maximum absolute atomic E-state index is 12.8. The smallest absolute Gasteiger partial charge is 0.265 e. The van der Waals surface area contributed by atoms with Crippen LogP contribution in [-0.4, -0.2) is 19.1 Å². The molecule has 0 saturated heterocycles. The molecule has 1 aromatic rings. The molecule has 0 atom stereocenters. The van der Waals surface area contributed by atoms with Crippen molar-refractivity contribution in [2.75, 3.05) is 18.1 Å². The number of carbonyl (C=O) groups excluding carboxylic acids is 1. The van der Waals surface area contributed by atoms with Gasteiger partial charge in [0.1, 0.15) is 11.6 Å². The predicted octanol–water partition coefficient (Wildman–Crippen LogP) is 1.57. The first-order valence-corrected chi connectivity index (χ1v) is 4.45. The molecule has 74 valence electrons. The van der Waals surface area contributed by atoms with Crippen LogP contribution in [0.2, 0.25) is 0 Å². The first kappa shape index (κ1) is 8.99. The Bertz CT molecular complexity index is 378. The molecule has 0 radical (unpaired) electrons. The lowest BCUT2D eigenvalue weighted by Crippen LogP contribution is -2.38. The standard InChI is InChI=1S/C10H10FNO2/c1-2-12-8-4-3-7(11)5-9(8)14-6-10(12)13/h3-5H,2,6H2,1H3. The largest absolute Gasteiger partial charge is 0.481 e. The van der Waals surface area contributed by atoms with E-state index in [2.05, 4.69) is 0 Å². The zero-order valence-electron chi connectivity index (χ0n) is 7.79. The van der Waals surface area contributed by atoms with Crippen molar-refractivity contribution in [2.45, 2.75) is 6.92 Å². The fourth-order valence-electron chi connectivity index (χ4n) is 1.53. The van der Waals surface area contributed by atoms with Crippen LogP contribution in [0, 0.1) is 5.82 Å². The number of rotatable bonds is 1. The highest BCUT2D eigenvalue weighted by atomic mass is 19.1. The lowest BCUT2D eigenvalue weighted by molar-refractivity contribution is -0.121. The lowest BCUT2D eigenvalue weighted by Gasteiger charge is -2.28. The van der Waals surface area contributed by atoms with Crippen molar-refractivity contribution >= 4 is 11.6 Å². The number of fused-ring (bicyclic) bond motifs is 1. The van der Waals surface area contributed by atoms with Crippen molar-refractivity contribution < 1.29 is 13.9 Å². The Morgan fingerprint density at radius 2 is 2.36 bits per heavy atom. The van der Waals surface area contributed by atoms with E-state index in [1.54, 1.807) is 11.0 Å². The maximum atomic E-state index is 12.8. The van der Waals surface area contributed by atoms with E-state index in [4.69, 9.17) is 4.74 Å². The highest BCUT2D eigenvalue weighted by Crippen LogP contribution is 2.32. The molecule has 14 heavy (non-hydrogen) atoms. The Balaban J connectivity index is 2.47. The highest BCUT2D eigenvalue weighted by Gasteiger charge is 2.23. The van der Waals surface area contributed by atoms with E-state index >= 15 is 0 Å². The highest BCUT2D eigenvalue weighted by molar-refractivity contribution is 5.97. The summed E-state index contributed by atoms with van der Waals surface area (Å²) in [6, 6.07) is 4.18. The number of hydrogen-bond acceptors (Lipinski definition) is 2. The zero-order valence-corrected chi connectivity index (χ0v) is 7.79. The summed E-state index contributed by atoms with van der Waals surface area (Å²) in [5.74, 6) is -0.00721. The van der Waals surface area contributed by atoms with Crippen molar-refractivity contribution in [1.29, 1.82) is 0 Å². The SMILES string of the molecule is CCN1C(=O)COc2cc(F)ccc21. The Morgan fingerprint density at radius 1 is 1.57 bits per heavy atom. The molecule has 4 heteroatoms. The Kier molecular flexibility index (Phi) is 2.11. The van der Waals surface area contributed by atoms with Crippen LogP contribution in [0.1, 0.15) is 6.92 Å². The van der Waals surface area contributed by atoms with E-state index in [0.29, 0.717) is 18.0 Å². The molecule has 2 rings (SSSR count). The van der Waals surface area contributed by atoms with Crippen LogP contribution in [0.3, 0.4) is 0 Å². The number of amides is 1. The van der Waals surface area contributed by atoms with Gasteiger partial charge in [-0.3, -0.25) is 4.79 Å². The van der Waals surface area contributed by atoms with E-state index in [0.717, 1.165) is 0 Å². The summed E-state index contributed by atoms with van der Waals surface area (Å²) in [6.45, 7) is 2.43. The number of likely N-dealkylation sites (N-methyl/N-ethyl adjacent to an activating group) is 1. The van der Waals surface area contributed by atoms with Gasteiger partial charge in [-0.15, -0.1) is 0 Å². The summed E-state index contributed by atoms with van der Waals surface area (Å²) in [5.41, 5.74) is 0.644. The minimum Gasteiger partial charge on any atom is -0.481 e. The lowest BCUT2D eigenvalue weighted by atomic mass is 10.2. The molecule has 0 unspecified atom stereocenters. The number of hydrogen-bond donors (Lipinski definition) is 0. The molecule has 0 bridgehead atoms. The van der Waals surface area contributed by atoms with E-state index in [1.807, 2.05) is 6.92 Å². The normalized spacial score (nSPS) is 15.0. The van der Waals surface area contributed by atoms with Gasteiger partial charge in [0.05, 0.1) is 5.69 Å². The predicted molar refractivity (Wildman–Crippen MR) is 49.9 cm³/mol. The van der Waals surface area contributed by atoms with Crippen molar-refractivity contribution in [1.82, 2.24) is 0 Å². The molecule has 1 aliphatic heterocycles. The molecule has 1 aromatic carbocycles. The molecule has 1 amide bonds. The maximum Gasteiger partial charge on any atom is 0.265 e.